The second-order valence-electron chi connectivity index (χ2n) is 7.83. The number of hydrogen-bond donors (Lipinski definition) is 0. The highest BCUT2D eigenvalue weighted by Crippen LogP contribution is 2.44. The lowest BCUT2D eigenvalue weighted by Gasteiger charge is -2.44. The summed E-state index contributed by atoms with van der Waals surface area (Å²) >= 11 is 6.19. The van der Waals surface area contributed by atoms with Crippen molar-refractivity contribution >= 4 is 11.6 Å². The van der Waals surface area contributed by atoms with Crippen LogP contribution in [0.3, 0.4) is 0 Å². The lowest BCUT2D eigenvalue weighted by molar-refractivity contribution is -0.0872. The number of hydrogen-bond acceptors (Lipinski definition) is 4. The number of imidazole rings is 1. The minimum Gasteiger partial charge on any atom is -0.361 e. The van der Waals surface area contributed by atoms with E-state index < -0.39 is 5.60 Å². The molecule has 0 N–H and O–H groups in total. The SMILES string of the molecule is CN(C)CCOC(c1ccc(Cl)cc1)(c1nccn1C)C1CCN(C)CC1. The highest BCUT2D eigenvalue weighted by Gasteiger charge is 2.47. The molecule has 6 heteroatoms. The molecule has 3 rings (SSSR count). The average molecular weight is 391 g/mol. The quantitative estimate of drug-likeness (QED) is 0.726. The summed E-state index contributed by atoms with van der Waals surface area (Å²) in [5.74, 6) is 1.33. The summed E-state index contributed by atoms with van der Waals surface area (Å²) < 4.78 is 8.88. The molecular formula is C21H31ClN4O. The molecule has 27 heavy (non-hydrogen) atoms. The minimum absolute atomic E-state index is 0.359. The second-order valence-corrected chi connectivity index (χ2v) is 8.27. The van der Waals surface area contributed by atoms with Gasteiger partial charge in [0.1, 0.15) is 5.82 Å². The average Bonchev–Trinajstić information content (AvgIpc) is 3.07. The topological polar surface area (TPSA) is 33.5 Å². The van der Waals surface area contributed by atoms with E-state index in [9.17, 15) is 0 Å². The highest BCUT2D eigenvalue weighted by atomic mass is 35.5. The molecule has 1 aromatic heterocycles. The zero-order valence-electron chi connectivity index (χ0n) is 16.9. The number of rotatable bonds is 7. The number of ether oxygens (including phenoxy) is 1. The van der Waals surface area contributed by atoms with E-state index in [1.807, 2.05) is 24.5 Å². The fraction of sp³-hybridized carbons (Fsp3) is 0.571. The third-order valence-corrected chi connectivity index (χ3v) is 5.84. The summed E-state index contributed by atoms with van der Waals surface area (Å²) in [6.45, 7) is 3.66. The van der Waals surface area contributed by atoms with Crippen molar-refractivity contribution in [1.82, 2.24) is 19.4 Å². The largest absolute Gasteiger partial charge is 0.361 e. The molecule has 1 aromatic carbocycles. The van der Waals surface area contributed by atoms with Crippen molar-refractivity contribution in [2.75, 3.05) is 47.4 Å². The molecule has 1 saturated heterocycles. The lowest BCUT2D eigenvalue weighted by Crippen LogP contribution is -2.47. The van der Waals surface area contributed by atoms with Crippen LogP contribution in [-0.2, 0) is 17.4 Å². The van der Waals surface area contributed by atoms with Crippen molar-refractivity contribution in [3.05, 3.63) is 53.1 Å². The van der Waals surface area contributed by atoms with Gasteiger partial charge in [-0.3, -0.25) is 0 Å². The Labute approximate surface area is 167 Å². The Balaban J connectivity index is 2.08. The number of halogens is 1. The molecule has 1 atom stereocenters. The smallest absolute Gasteiger partial charge is 0.153 e. The maximum Gasteiger partial charge on any atom is 0.153 e. The Morgan fingerprint density at radius 3 is 2.41 bits per heavy atom. The number of piperidine rings is 1. The fourth-order valence-electron chi connectivity index (χ4n) is 4.04. The summed E-state index contributed by atoms with van der Waals surface area (Å²) in [5.41, 5.74) is 0.564. The van der Waals surface area contributed by atoms with Crippen LogP contribution in [-0.4, -0.2) is 66.7 Å². The summed E-state index contributed by atoms with van der Waals surface area (Å²) in [5, 5.41) is 0.740. The van der Waals surface area contributed by atoms with Crippen LogP contribution in [0.2, 0.25) is 5.02 Å². The maximum atomic E-state index is 6.78. The Hall–Kier alpha value is -1.40. The van der Waals surface area contributed by atoms with E-state index >= 15 is 0 Å². The van der Waals surface area contributed by atoms with Crippen molar-refractivity contribution in [3.8, 4) is 0 Å². The van der Waals surface area contributed by atoms with Gasteiger partial charge >= 0.3 is 0 Å². The van der Waals surface area contributed by atoms with Gasteiger partial charge in [0.05, 0.1) is 6.61 Å². The third-order valence-electron chi connectivity index (χ3n) is 5.59. The van der Waals surface area contributed by atoms with Crippen molar-refractivity contribution in [2.24, 2.45) is 13.0 Å². The van der Waals surface area contributed by atoms with Crippen LogP contribution in [0.4, 0.5) is 0 Å². The molecule has 0 aliphatic carbocycles. The standard InChI is InChI=1S/C21H31ClN4O/c1-24(2)15-16-27-21(20-23-11-14-26(20)4,17-5-7-19(22)8-6-17)18-9-12-25(3)13-10-18/h5-8,11,14,18H,9-10,12-13,15-16H2,1-4H3. The minimum atomic E-state index is -0.569. The monoisotopic (exact) mass is 390 g/mol. The molecule has 1 unspecified atom stereocenters. The molecule has 148 valence electrons. The van der Waals surface area contributed by atoms with E-state index in [-0.39, 0.29) is 0 Å². The van der Waals surface area contributed by atoms with Crippen LogP contribution < -0.4 is 0 Å². The zero-order valence-corrected chi connectivity index (χ0v) is 17.6. The number of benzene rings is 1. The molecule has 0 saturated carbocycles. The Morgan fingerprint density at radius 2 is 1.85 bits per heavy atom. The first kappa shape index (κ1) is 20.3. The van der Waals surface area contributed by atoms with E-state index in [1.165, 1.54) is 0 Å². The first-order valence-electron chi connectivity index (χ1n) is 9.64. The predicted octanol–water partition coefficient (Wildman–Crippen LogP) is 3.24. The molecule has 1 fully saturated rings. The van der Waals surface area contributed by atoms with Crippen LogP contribution in [0.15, 0.2) is 36.7 Å². The van der Waals surface area contributed by atoms with Gasteiger partial charge in [0.15, 0.2) is 5.60 Å². The molecule has 0 spiro atoms. The van der Waals surface area contributed by atoms with E-state index in [0.29, 0.717) is 12.5 Å². The first-order valence-corrected chi connectivity index (χ1v) is 10.0. The molecule has 0 radical (unpaired) electrons. The fourth-order valence-corrected chi connectivity index (χ4v) is 4.16. The van der Waals surface area contributed by atoms with Crippen LogP contribution >= 0.6 is 11.6 Å². The third kappa shape index (κ3) is 4.37. The summed E-state index contributed by atoms with van der Waals surface area (Å²) in [6.07, 6.45) is 6.02. The van der Waals surface area contributed by atoms with Gasteiger partial charge in [-0.05, 0) is 64.8 Å². The van der Waals surface area contributed by atoms with Gasteiger partial charge in [0, 0.05) is 36.9 Å². The van der Waals surface area contributed by atoms with Crippen molar-refractivity contribution in [2.45, 2.75) is 18.4 Å². The lowest BCUT2D eigenvalue weighted by atomic mass is 9.75. The van der Waals surface area contributed by atoms with Crippen LogP contribution in [0.25, 0.3) is 0 Å². The number of aromatic nitrogens is 2. The van der Waals surface area contributed by atoms with Gasteiger partial charge in [0.25, 0.3) is 0 Å². The van der Waals surface area contributed by atoms with Gasteiger partial charge in [-0.15, -0.1) is 0 Å². The van der Waals surface area contributed by atoms with Crippen molar-refractivity contribution in [3.63, 3.8) is 0 Å². The van der Waals surface area contributed by atoms with Crippen molar-refractivity contribution < 1.29 is 4.74 Å². The molecular weight excluding hydrogens is 360 g/mol. The van der Waals surface area contributed by atoms with E-state index in [0.717, 1.165) is 48.9 Å². The highest BCUT2D eigenvalue weighted by molar-refractivity contribution is 6.30. The van der Waals surface area contributed by atoms with E-state index in [4.69, 9.17) is 21.3 Å². The molecule has 1 aliphatic heterocycles. The normalized spacial score (nSPS) is 18.7. The predicted molar refractivity (Wildman–Crippen MR) is 110 cm³/mol. The number of likely N-dealkylation sites (N-methyl/N-ethyl adjacent to an activating group) is 1. The summed E-state index contributed by atoms with van der Waals surface area (Å²) in [7, 11) is 8.39. The second kappa shape index (κ2) is 8.74. The Morgan fingerprint density at radius 1 is 1.19 bits per heavy atom. The summed E-state index contributed by atoms with van der Waals surface area (Å²) in [6, 6.07) is 8.12. The van der Waals surface area contributed by atoms with E-state index in [1.54, 1.807) is 0 Å². The van der Waals surface area contributed by atoms with Crippen LogP contribution in [0.5, 0.6) is 0 Å². The first-order chi connectivity index (χ1) is 12.9. The molecule has 5 nitrogen and oxygen atoms in total. The van der Waals surface area contributed by atoms with Gasteiger partial charge in [0.2, 0.25) is 0 Å². The van der Waals surface area contributed by atoms with Gasteiger partial charge in [-0.1, -0.05) is 23.7 Å². The van der Waals surface area contributed by atoms with E-state index in [2.05, 4.69) is 54.7 Å². The van der Waals surface area contributed by atoms with Crippen molar-refractivity contribution in [1.29, 1.82) is 0 Å². The van der Waals surface area contributed by atoms with Gasteiger partial charge in [-0.2, -0.15) is 0 Å². The molecule has 2 aromatic rings. The zero-order chi connectivity index (χ0) is 19.4. The van der Waals surface area contributed by atoms with Gasteiger partial charge < -0.3 is 19.1 Å². The van der Waals surface area contributed by atoms with Crippen LogP contribution in [0.1, 0.15) is 24.2 Å². The Bertz CT molecular complexity index is 722. The molecule has 0 bridgehead atoms. The van der Waals surface area contributed by atoms with Crippen LogP contribution in [0, 0.1) is 5.92 Å². The molecule has 0 amide bonds. The number of aryl methyl sites for hydroxylation is 1. The summed E-state index contributed by atoms with van der Waals surface area (Å²) in [4.78, 5) is 9.30. The Kier molecular flexibility index (Phi) is 6.58. The maximum absolute atomic E-state index is 6.78. The number of nitrogens with zero attached hydrogens (tertiary/aromatic N) is 4. The number of likely N-dealkylation sites (tertiary alicyclic amines) is 1. The van der Waals surface area contributed by atoms with Gasteiger partial charge in [-0.25, -0.2) is 4.98 Å². The molecule has 1 aliphatic rings. The molecule has 2 heterocycles.